The second-order valence-electron chi connectivity index (χ2n) is 12.6. The molecule has 38 heavy (non-hydrogen) atoms. The van der Waals surface area contributed by atoms with Crippen LogP contribution >= 0.6 is 18.6 Å². The predicted octanol–water partition coefficient (Wildman–Crippen LogP) is 9.60. The summed E-state index contributed by atoms with van der Waals surface area (Å²) in [5.74, 6) is 3.92. The van der Waals surface area contributed by atoms with Crippen LogP contribution in [-0.2, 0) is 17.0 Å². The summed E-state index contributed by atoms with van der Waals surface area (Å²) in [6, 6.07) is 0.837. The quantitative estimate of drug-likeness (QED) is 0.231. The van der Waals surface area contributed by atoms with Gasteiger partial charge in [0.2, 0.25) is 0 Å². The molecule has 2 saturated carbocycles. The van der Waals surface area contributed by atoms with Crippen LogP contribution in [0.3, 0.4) is 0 Å². The van der Waals surface area contributed by atoms with E-state index in [1.165, 1.54) is 32.1 Å². The van der Waals surface area contributed by atoms with E-state index in [2.05, 4.69) is 98.3 Å². The van der Waals surface area contributed by atoms with Crippen molar-refractivity contribution in [2.75, 3.05) is 0 Å². The van der Waals surface area contributed by atoms with Crippen LogP contribution in [0.25, 0.3) is 5.32 Å². The number of nitrogens with zero attached hydrogens (tertiary/aromatic N) is 2. The molecule has 3 fully saturated rings. The Hall–Kier alpha value is -0.129. The van der Waals surface area contributed by atoms with Crippen LogP contribution in [0.1, 0.15) is 46.0 Å². The van der Waals surface area contributed by atoms with E-state index in [1.54, 1.807) is 5.57 Å². The Morgan fingerprint density at radius 1 is 0.842 bits per heavy atom. The van der Waals surface area contributed by atoms with Crippen LogP contribution in [0.2, 0.25) is 18.6 Å². The third-order valence-electron chi connectivity index (χ3n) is 10.1. The van der Waals surface area contributed by atoms with Crippen LogP contribution in [0.15, 0.2) is 72.4 Å². The van der Waals surface area contributed by atoms with Crippen molar-refractivity contribution < 1.29 is 17.0 Å². The fraction of sp³-hybridized carbons (Fsp3) is 0.594. The topological polar surface area (TPSA) is 17.3 Å². The first-order valence-electron chi connectivity index (χ1n) is 14.4. The normalized spacial score (nSPS) is 37.6. The summed E-state index contributed by atoms with van der Waals surface area (Å²) in [7, 11) is 7.90. The van der Waals surface area contributed by atoms with Crippen LogP contribution in [0.5, 0.6) is 0 Å². The van der Waals surface area contributed by atoms with E-state index in [1.807, 2.05) is 0 Å². The molecular formula is C32H46Cl2N2SiTi-2. The molecule has 6 aliphatic rings. The summed E-state index contributed by atoms with van der Waals surface area (Å²) in [5, 5.41) is 5.67. The van der Waals surface area contributed by atoms with Gasteiger partial charge in [-0.3, -0.25) is 0 Å². The maximum atomic E-state index is 5.67. The van der Waals surface area contributed by atoms with Gasteiger partial charge in [-0.2, -0.15) is 0 Å². The molecule has 5 unspecified atom stereocenters. The average molecular weight is 606 g/mol. The van der Waals surface area contributed by atoms with E-state index in [0.29, 0.717) is 47.8 Å². The van der Waals surface area contributed by atoms with Crippen molar-refractivity contribution in [3.63, 3.8) is 0 Å². The Labute approximate surface area is 250 Å². The van der Waals surface area contributed by atoms with Gasteiger partial charge in [0.1, 0.15) is 8.24 Å². The van der Waals surface area contributed by atoms with Crippen molar-refractivity contribution in [2.45, 2.75) is 82.8 Å². The minimum atomic E-state index is -1.88. The monoisotopic (exact) mass is 604 g/mol. The molecule has 1 heterocycles. The van der Waals surface area contributed by atoms with Crippen molar-refractivity contribution in [1.29, 1.82) is 0 Å². The van der Waals surface area contributed by atoms with Gasteiger partial charge >= 0.3 is 35.6 Å². The molecule has 1 aliphatic heterocycles. The standard InChI is InChI=1S/C31H43N2Si.CH3.2ClH.Ti/c1-21(2)31-32-29-23(22-13-6-5-7-14-22)19-12-20-28(29)33(31)34(3,4)30-26-17-10-8-15-24(26)25-16-9-11-18-27(25)30;;;;/h8-12,15-22,24-31H,5-7,13-14H2,1-4H3;1H3;2*1H;/q2*-1;;;+2/p-2/t24?,25?,26?,27?,28-,29?,30?,31+;;;;/m1..../s1. The molecule has 5 aliphatic carbocycles. The number of fused-ring (bicyclic) bond motifs is 4. The minimum absolute atomic E-state index is 0. The number of hydrogen-bond acceptors (Lipinski definition) is 1. The van der Waals surface area contributed by atoms with Crippen molar-refractivity contribution in [3.8, 4) is 0 Å². The maximum absolute atomic E-state index is 5.67. The van der Waals surface area contributed by atoms with Crippen LogP contribution < -0.4 is 0 Å². The average Bonchev–Trinajstić information content (AvgIpc) is 3.47. The van der Waals surface area contributed by atoms with E-state index < -0.39 is 25.3 Å². The van der Waals surface area contributed by atoms with E-state index in [-0.39, 0.29) is 7.43 Å². The molecular weight excluding hydrogens is 559 g/mol. The van der Waals surface area contributed by atoms with Gasteiger partial charge in [0.05, 0.1) is 0 Å². The van der Waals surface area contributed by atoms with Crippen LogP contribution in [0, 0.1) is 42.9 Å². The van der Waals surface area contributed by atoms with Crippen LogP contribution in [0.4, 0.5) is 0 Å². The number of allylic oxidation sites excluding steroid dienone is 10. The molecule has 0 aromatic rings. The summed E-state index contributed by atoms with van der Waals surface area (Å²) in [6.07, 6.45) is 34.1. The van der Waals surface area contributed by atoms with Crippen molar-refractivity contribution in [2.24, 2.45) is 35.5 Å². The summed E-state index contributed by atoms with van der Waals surface area (Å²) in [6.45, 7) is 10.2. The van der Waals surface area contributed by atoms with Crippen molar-refractivity contribution in [3.05, 3.63) is 85.2 Å². The zero-order valence-electron chi connectivity index (χ0n) is 23.8. The Kier molecular flexibility index (Phi) is 10.7. The van der Waals surface area contributed by atoms with Gasteiger partial charge in [0, 0.05) is 6.04 Å². The third-order valence-corrected chi connectivity index (χ3v) is 14.3. The van der Waals surface area contributed by atoms with Crippen molar-refractivity contribution >= 4 is 26.8 Å². The molecule has 6 heteroatoms. The van der Waals surface area contributed by atoms with Gasteiger partial charge in [-0.25, -0.2) is 0 Å². The zero-order valence-corrected chi connectivity index (χ0v) is 27.9. The van der Waals surface area contributed by atoms with Gasteiger partial charge in [-0.15, -0.1) is 0 Å². The number of rotatable bonds is 4. The predicted molar refractivity (Wildman–Crippen MR) is 165 cm³/mol. The van der Waals surface area contributed by atoms with Crippen molar-refractivity contribution in [1.82, 2.24) is 4.57 Å². The van der Waals surface area contributed by atoms with E-state index >= 15 is 0 Å². The molecule has 0 aromatic carbocycles. The van der Waals surface area contributed by atoms with Gasteiger partial charge in [-0.05, 0) is 48.0 Å². The van der Waals surface area contributed by atoms with Crippen LogP contribution in [-0.4, -0.2) is 31.1 Å². The number of hydrogen-bond donors (Lipinski definition) is 0. The zero-order chi connectivity index (χ0) is 26.2. The summed E-state index contributed by atoms with van der Waals surface area (Å²) in [5.41, 5.74) is 2.38. The molecule has 7 atom stereocenters. The molecule has 208 valence electrons. The first-order valence-corrected chi connectivity index (χ1v) is 21.7. The molecule has 0 bridgehead atoms. The molecule has 1 saturated heterocycles. The molecule has 0 N–H and O–H groups in total. The van der Waals surface area contributed by atoms with Gasteiger partial charge in [0.15, 0.2) is 0 Å². The van der Waals surface area contributed by atoms with E-state index in [0.717, 1.165) is 11.5 Å². The first kappa shape index (κ1) is 30.8. The third kappa shape index (κ3) is 5.65. The molecule has 2 nitrogen and oxygen atoms in total. The molecule has 0 spiro atoms. The first-order chi connectivity index (χ1) is 17.9. The molecule has 0 aromatic heterocycles. The fourth-order valence-corrected chi connectivity index (χ4v) is 13.6. The summed E-state index contributed by atoms with van der Waals surface area (Å²) < 4.78 is 3.01. The second-order valence-corrected chi connectivity index (χ2v) is 19.7. The molecule has 0 amide bonds. The van der Waals surface area contributed by atoms with Gasteiger partial charge < -0.3 is 17.3 Å². The van der Waals surface area contributed by atoms with Gasteiger partial charge in [0.25, 0.3) is 0 Å². The van der Waals surface area contributed by atoms with E-state index in [9.17, 15) is 0 Å². The molecule has 6 rings (SSSR count). The summed E-state index contributed by atoms with van der Waals surface area (Å²) in [4.78, 5) is 0. The second kappa shape index (κ2) is 13.2. The summed E-state index contributed by atoms with van der Waals surface area (Å²) >= 11 is -0.556. The van der Waals surface area contributed by atoms with E-state index in [4.69, 9.17) is 23.9 Å². The number of halogens is 2. The SMILES string of the molecule is CC(C)[C@H]1[N-]C2C(C3CCCCC3)=CC=C[C@H]2N1[Si](C)(C)C1C2C=CC=CC2C2C=CC=CC21.[CH3-].[Cl][Ti][Cl]. The fourth-order valence-electron chi connectivity index (χ4n) is 8.69. The Balaban J connectivity index is 0.000000804. The Bertz CT molecular complexity index is 959. The Morgan fingerprint density at radius 2 is 1.37 bits per heavy atom. The Morgan fingerprint density at radius 3 is 1.89 bits per heavy atom. The van der Waals surface area contributed by atoms with Gasteiger partial charge in [-0.1, -0.05) is 137 Å². The molecule has 0 radical (unpaired) electrons.